The van der Waals surface area contributed by atoms with Crippen molar-refractivity contribution < 1.29 is 17.9 Å². The maximum absolute atomic E-state index is 12.5. The van der Waals surface area contributed by atoms with Gasteiger partial charge in [-0.05, 0) is 30.3 Å². The van der Waals surface area contributed by atoms with Gasteiger partial charge in [0.2, 0.25) is 0 Å². The Kier molecular flexibility index (Phi) is 4.09. The molecule has 120 valence electrons. The van der Waals surface area contributed by atoms with Crippen molar-refractivity contribution in [2.24, 2.45) is 0 Å². The Balaban J connectivity index is 1.97. The van der Waals surface area contributed by atoms with Gasteiger partial charge in [-0.2, -0.15) is 0 Å². The number of carbonyl (C=O) groups excluding carboxylic acids is 1. The summed E-state index contributed by atoms with van der Waals surface area (Å²) in [5.41, 5.74) is 0.378. The molecule has 0 saturated carbocycles. The minimum absolute atomic E-state index is 0.0574. The molecule has 0 fully saturated rings. The van der Waals surface area contributed by atoms with Gasteiger partial charge in [0.15, 0.2) is 6.61 Å². The van der Waals surface area contributed by atoms with Crippen LogP contribution in [0.4, 0.5) is 11.4 Å². The van der Waals surface area contributed by atoms with Crippen molar-refractivity contribution >= 4 is 50.5 Å². The number of hydrogen-bond acceptors (Lipinski definition) is 4. The molecule has 0 atom stereocenters. The normalized spacial score (nSPS) is 13.7. The van der Waals surface area contributed by atoms with Gasteiger partial charge in [-0.15, -0.1) is 0 Å². The molecule has 0 spiro atoms. The molecule has 2 aromatic carbocycles. The SMILES string of the molecule is O=C1COc2ccc(S(=O)(=O)Nc3c(Cl)cccc3Cl)cc2N1. The summed E-state index contributed by atoms with van der Waals surface area (Å²) in [6.45, 7) is -0.105. The Labute approximate surface area is 142 Å². The number of sulfonamides is 1. The lowest BCUT2D eigenvalue weighted by atomic mass is 10.2. The van der Waals surface area contributed by atoms with Crippen LogP contribution in [0.25, 0.3) is 0 Å². The first-order valence-corrected chi connectivity index (χ1v) is 8.64. The highest BCUT2D eigenvalue weighted by Gasteiger charge is 2.22. The molecule has 1 amide bonds. The number of ether oxygens (including phenoxy) is 1. The number of hydrogen-bond donors (Lipinski definition) is 2. The molecule has 3 rings (SSSR count). The fourth-order valence-corrected chi connectivity index (χ4v) is 3.75. The molecule has 0 radical (unpaired) electrons. The van der Waals surface area contributed by atoms with E-state index in [0.717, 1.165) is 0 Å². The lowest BCUT2D eigenvalue weighted by Crippen LogP contribution is -2.25. The number of carbonyl (C=O) groups is 1. The predicted octanol–water partition coefficient (Wildman–Crippen LogP) is 3.13. The summed E-state index contributed by atoms with van der Waals surface area (Å²) in [5, 5.41) is 2.90. The van der Waals surface area contributed by atoms with E-state index in [1.807, 2.05) is 0 Å². The van der Waals surface area contributed by atoms with Gasteiger partial charge in [-0.25, -0.2) is 8.42 Å². The van der Waals surface area contributed by atoms with Crippen molar-refractivity contribution in [1.82, 2.24) is 0 Å². The third-order valence-corrected chi connectivity index (χ3v) is 5.07. The van der Waals surface area contributed by atoms with E-state index in [1.54, 1.807) is 6.07 Å². The molecule has 1 aliphatic heterocycles. The Bertz CT molecular complexity index is 879. The highest BCUT2D eigenvalue weighted by Crippen LogP contribution is 2.34. The fourth-order valence-electron chi connectivity index (χ4n) is 2.02. The second kappa shape index (κ2) is 5.92. The van der Waals surface area contributed by atoms with Crippen molar-refractivity contribution in [2.75, 3.05) is 16.6 Å². The van der Waals surface area contributed by atoms with Gasteiger partial charge in [-0.3, -0.25) is 9.52 Å². The zero-order chi connectivity index (χ0) is 16.6. The minimum Gasteiger partial charge on any atom is -0.482 e. The lowest BCUT2D eigenvalue weighted by molar-refractivity contribution is -0.118. The summed E-state index contributed by atoms with van der Waals surface area (Å²) in [6, 6.07) is 8.78. The molecular formula is C14H10Cl2N2O4S. The van der Waals surface area contributed by atoms with E-state index in [9.17, 15) is 13.2 Å². The van der Waals surface area contributed by atoms with Gasteiger partial charge in [-0.1, -0.05) is 29.3 Å². The van der Waals surface area contributed by atoms with Gasteiger partial charge in [0.05, 0.1) is 26.3 Å². The Morgan fingerprint density at radius 1 is 1.13 bits per heavy atom. The quantitative estimate of drug-likeness (QED) is 0.866. The maximum atomic E-state index is 12.5. The number of halogens is 2. The summed E-state index contributed by atoms with van der Waals surface area (Å²) in [4.78, 5) is 11.3. The molecule has 2 N–H and O–H groups in total. The van der Waals surface area contributed by atoms with Gasteiger partial charge in [0.25, 0.3) is 15.9 Å². The molecule has 0 bridgehead atoms. The summed E-state index contributed by atoms with van der Waals surface area (Å²) in [5.74, 6) is 0.0495. The fraction of sp³-hybridized carbons (Fsp3) is 0.0714. The topological polar surface area (TPSA) is 84.5 Å². The van der Waals surface area contributed by atoms with Gasteiger partial charge in [0.1, 0.15) is 5.75 Å². The first kappa shape index (κ1) is 15.9. The molecule has 0 unspecified atom stereocenters. The van der Waals surface area contributed by atoms with Crippen LogP contribution in [0.15, 0.2) is 41.3 Å². The van der Waals surface area contributed by atoms with Gasteiger partial charge < -0.3 is 10.1 Å². The zero-order valence-corrected chi connectivity index (χ0v) is 13.8. The van der Waals surface area contributed by atoms with Crippen molar-refractivity contribution in [3.05, 3.63) is 46.4 Å². The number of anilines is 2. The Morgan fingerprint density at radius 2 is 1.83 bits per heavy atom. The number of amides is 1. The average molecular weight is 373 g/mol. The van der Waals surface area contributed by atoms with E-state index in [1.165, 1.54) is 30.3 Å². The number of fused-ring (bicyclic) bond motifs is 1. The maximum Gasteiger partial charge on any atom is 0.262 e. The molecular weight excluding hydrogens is 363 g/mol. The number of nitrogens with one attached hydrogen (secondary N) is 2. The second-order valence-corrected chi connectivity index (χ2v) is 7.19. The van der Waals surface area contributed by atoms with Crippen molar-refractivity contribution in [3.63, 3.8) is 0 Å². The molecule has 23 heavy (non-hydrogen) atoms. The third kappa shape index (κ3) is 3.21. The standard InChI is InChI=1S/C14H10Cl2N2O4S/c15-9-2-1-3-10(16)14(9)18-23(20,21)8-4-5-12-11(6-8)17-13(19)7-22-12/h1-6,18H,7H2,(H,17,19). The summed E-state index contributed by atoms with van der Waals surface area (Å²) >= 11 is 11.9. The van der Waals surface area contributed by atoms with Crippen LogP contribution in [0, 0.1) is 0 Å². The van der Waals surface area contributed by atoms with E-state index in [-0.39, 0.29) is 38.8 Å². The van der Waals surface area contributed by atoms with Crippen LogP contribution >= 0.6 is 23.2 Å². The predicted molar refractivity (Wildman–Crippen MR) is 87.8 cm³/mol. The van der Waals surface area contributed by atoms with E-state index in [4.69, 9.17) is 27.9 Å². The third-order valence-electron chi connectivity index (χ3n) is 3.09. The van der Waals surface area contributed by atoms with Crippen molar-refractivity contribution in [2.45, 2.75) is 4.90 Å². The molecule has 6 nitrogen and oxygen atoms in total. The van der Waals surface area contributed by atoms with Crippen LogP contribution in [0.5, 0.6) is 5.75 Å². The average Bonchev–Trinajstić information content (AvgIpc) is 2.50. The number of benzene rings is 2. The van der Waals surface area contributed by atoms with E-state index in [0.29, 0.717) is 5.75 Å². The molecule has 2 aromatic rings. The highest BCUT2D eigenvalue weighted by atomic mass is 35.5. The van der Waals surface area contributed by atoms with Gasteiger partial charge >= 0.3 is 0 Å². The van der Waals surface area contributed by atoms with Crippen LogP contribution in [-0.4, -0.2) is 20.9 Å². The largest absolute Gasteiger partial charge is 0.482 e. The first-order chi connectivity index (χ1) is 10.9. The first-order valence-electron chi connectivity index (χ1n) is 6.40. The summed E-state index contributed by atoms with van der Waals surface area (Å²) in [6.07, 6.45) is 0. The minimum atomic E-state index is -3.94. The second-order valence-electron chi connectivity index (χ2n) is 4.70. The molecule has 0 aromatic heterocycles. The number of para-hydroxylation sites is 1. The Hall–Kier alpha value is -1.96. The van der Waals surface area contributed by atoms with Crippen LogP contribution in [-0.2, 0) is 14.8 Å². The van der Waals surface area contributed by atoms with Crippen molar-refractivity contribution in [1.29, 1.82) is 0 Å². The van der Waals surface area contributed by atoms with Crippen LogP contribution in [0.1, 0.15) is 0 Å². The molecule has 1 heterocycles. The smallest absolute Gasteiger partial charge is 0.262 e. The summed E-state index contributed by atoms with van der Waals surface area (Å²) < 4.78 is 32.5. The summed E-state index contributed by atoms with van der Waals surface area (Å²) in [7, 11) is -3.94. The van der Waals surface area contributed by atoms with Crippen LogP contribution in [0.3, 0.4) is 0 Å². The molecule has 0 aliphatic carbocycles. The van der Waals surface area contributed by atoms with Gasteiger partial charge in [0, 0.05) is 0 Å². The number of rotatable bonds is 3. The monoisotopic (exact) mass is 372 g/mol. The van der Waals surface area contributed by atoms with E-state index in [2.05, 4.69) is 10.0 Å². The van der Waals surface area contributed by atoms with E-state index < -0.39 is 10.0 Å². The molecule has 9 heteroatoms. The van der Waals surface area contributed by atoms with Crippen LogP contribution < -0.4 is 14.8 Å². The van der Waals surface area contributed by atoms with Crippen LogP contribution in [0.2, 0.25) is 10.0 Å². The van der Waals surface area contributed by atoms with E-state index >= 15 is 0 Å². The molecule has 1 aliphatic rings. The highest BCUT2D eigenvalue weighted by molar-refractivity contribution is 7.92. The van der Waals surface area contributed by atoms with Crippen molar-refractivity contribution in [3.8, 4) is 5.75 Å². The Morgan fingerprint density at radius 3 is 2.52 bits per heavy atom. The molecule has 0 saturated heterocycles. The lowest BCUT2D eigenvalue weighted by Gasteiger charge is -2.19. The zero-order valence-electron chi connectivity index (χ0n) is 11.5.